The molecule has 0 bridgehead atoms. The van der Waals surface area contributed by atoms with Crippen LogP contribution < -0.4 is 5.32 Å². The van der Waals surface area contributed by atoms with E-state index in [1.807, 2.05) is 13.8 Å². The average Bonchev–Trinajstić information content (AvgIpc) is 2.75. The summed E-state index contributed by atoms with van der Waals surface area (Å²) >= 11 is 0. The van der Waals surface area contributed by atoms with Crippen LogP contribution in [0.25, 0.3) is 0 Å². The number of nitriles is 1. The van der Waals surface area contributed by atoms with Crippen molar-refractivity contribution in [2.45, 2.75) is 51.5 Å². The fourth-order valence-corrected chi connectivity index (χ4v) is 5.59. The molecule has 1 amide bonds. The molecule has 1 unspecified atom stereocenters. The lowest BCUT2D eigenvalue weighted by Crippen LogP contribution is -2.38. The Bertz CT molecular complexity index is 1110. The molecular formula is C24H29N3O3S. The number of amides is 1. The maximum atomic E-state index is 13.3. The van der Waals surface area contributed by atoms with Gasteiger partial charge in [0, 0.05) is 18.7 Å². The quantitative estimate of drug-likeness (QED) is 0.760. The van der Waals surface area contributed by atoms with E-state index in [9.17, 15) is 13.2 Å². The summed E-state index contributed by atoms with van der Waals surface area (Å²) in [5, 5.41) is 11.9. The molecule has 1 atom stereocenters. The van der Waals surface area contributed by atoms with E-state index in [1.54, 1.807) is 37.3 Å². The average molecular weight is 440 g/mol. The maximum Gasteiger partial charge on any atom is 0.251 e. The lowest BCUT2D eigenvalue weighted by atomic mass is 10.0. The molecule has 2 aromatic carbocycles. The zero-order chi connectivity index (χ0) is 22.8. The normalized spacial score (nSPS) is 16.5. The Morgan fingerprint density at radius 2 is 1.77 bits per heavy atom. The smallest absolute Gasteiger partial charge is 0.251 e. The predicted octanol–water partition coefficient (Wildman–Crippen LogP) is 4.09. The highest BCUT2D eigenvalue weighted by atomic mass is 32.2. The molecule has 164 valence electrons. The largest absolute Gasteiger partial charge is 0.346 e. The summed E-state index contributed by atoms with van der Waals surface area (Å²) < 4.78 is 28.2. The van der Waals surface area contributed by atoms with Crippen LogP contribution in [0.4, 0.5) is 0 Å². The molecule has 31 heavy (non-hydrogen) atoms. The van der Waals surface area contributed by atoms with Gasteiger partial charge in [-0.15, -0.1) is 0 Å². The van der Waals surface area contributed by atoms with E-state index in [4.69, 9.17) is 5.26 Å². The van der Waals surface area contributed by atoms with Crippen LogP contribution in [0.5, 0.6) is 0 Å². The summed E-state index contributed by atoms with van der Waals surface area (Å²) in [5.41, 5.74) is 3.19. The molecule has 1 aliphatic heterocycles. The molecule has 0 aromatic heterocycles. The van der Waals surface area contributed by atoms with Gasteiger partial charge in [-0.05, 0) is 80.5 Å². The number of hydrogen-bond donors (Lipinski definition) is 1. The van der Waals surface area contributed by atoms with Gasteiger partial charge < -0.3 is 5.32 Å². The van der Waals surface area contributed by atoms with Crippen molar-refractivity contribution in [3.63, 3.8) is 0 Å². The van der Waals surface area contributed by atoms with E-state index in [1.165, 1.54) is 10.4 Å². The molecule has 1 heterocycles. The molecule has 1 N–H and O–H groups in total. The minimum atomic E-state index is -3.66. The number of nitrogens with one attached hydrogen (secondary N) is 1. The van der Waals surface area contributed by atoms with E-state index >= 15 is 0 Å². The zero-order valence-electron chi connectivity index (χ0n) is 18.5. The van der Waals surface area contributed by atoms with Crippen molar-refractivity contribution in [3.05, 3.63) is 64.2 Å². The van der Waals surface area contributed by atoms with Gasteiger partial charge in [0.1, 0.15) is 0 Å². The monoisotopic (exact) mass is 439 g/mol. The molecule has 3 rings (SSSR count). The Labute approximate surface area is 184 Å². The minimum absolute atomic E-state index is 0.207. The molecular weight excluding hydrogens is 410 g/mol. The highest BCUT2D eigenvalue weighted by Crippen LogP contribution is 2.28. The fourth-order valence-electron chi connectivity index (χ4n) is 3.80. The first-order chi connectivity index (χ1) is 14.6. The third kappa shape index (κ3) is 4.97. The number of nitrogens with zero attached hydrogens (tertiary/aromatic N) is 2. The van der Waals surface area contributed by atoms with Crippen LogP contribution in [-0.4, -0.2) is 31.7 Å². The molecule has 6 nitrogen and oxygen atoms in total. The van der Waals surface area contributed by atoms with E-state index in [-0.39, 0.29) is 16.8 Å². The van der Waals surface area contributed by atoms with Gasteiger partial charge >= 0.3 is 0 Å². The molecule has 0 radical (unpaired) electrons. The second-order valence-electron chi connectivity index (χ2n) is 8.43. The molecule has 7 heteroatoms. The topological polar surface area (TPSA) is 90.3 Å². The number of aryl methyl sites for hydroxylation is 1. The van der Waals surface area contributed by atoms with Gasteiger partial charge in [-0.1, -0.05) is 19.1 Å². The Hall–Kier alpha value is -2.69. The van der Waals surface area contributed by atoms with Crippen LogP contribution in [0.1, 0.15) is 65.3 Å². The highest BCUT2D eigenvalue weighted by molar-refractivity contribution is 7.89. The zero-order valence-corrected chi connectivity index (χ0v) is 19.3. The van der Waals surface area contributed by atoms with Gasteiger partial charge in [-0.3, -0.25) is 4.79 Å². The second kappa shape index (κ2) is 9.21. The SMILES string of the molecule is Cc1cc(C(=O)NC(C)c2ccc(C#N)cc2)cc(S(=O)(=O)N2CCC(C)CC2)c1C. The van der Waals surface area contributed by atoms with Crippen LogP contribution in [0.3, 0.4) is 0 Å². The fraction of sp³-hybridized carbons (Fsp3) is 0.417. The standard InChI is InChI=1S/C24H29N3O3S/c1-16-9-11-27(12-10-16)31(29,30)23-14-22(13-17(2)18(23)3)24(28)26-19(4)21-7-5-20(15-25)6-8-21/h5-8,13-14,16,19H,9-12H2,1-4H3,(H,26,28). The summed E-state index contributed by atoms with van der Waals surface area (Å²) in [6.45, 7) is 8.62. The van der Waals surface area contributed by atoms with Crippen molar-refractivity contribution < 1.29 is 13.2 Å². The minimum Gasteiger partial charge on any atom is -0.346 e. The first kappa shape index (κ1) is 23.0. The third-order valence-corrected chi connectivity index (χ3v) is 8.15. The Kier molecular flexibility index (Phi) is 6.83. The lowest BCUT2D eigenvalue weighted by Gasteiger charge is -2.30. The van der Waals surface area contributed by atoms with Gasteiger partial charge in [-0.2, -0.15) is 9.57 Å². The van der Waals surface area contributed by atoms with E-state index < -0.39 is 10.0 Å². The van der Waals surface area contributed by atoms with Crippen LogP contribution in [0.15, 0.2) is 41.3 Å². The number of sulfonamides is 1. The number of benzene rings is 2. The first-order valence-electron chi connectivity index (χ1n) is 10.6. The molecule has 1 saturated heterocycles. The van der Waals surface area contributed by atoms with Gasteiger partial charge in [0.25, 0.3) is 5.91 Å². The molecule has 2 aromatic rings. The summed E-state index contributed by atoms with van der Waals surface area (Å²) in [5.74, 6) is 0.193. The molecule has 1 aliphatic rings. The number of hydrogen-bond acceptors (Lipinski definition) is 4. The summed E-state index contributed by atoms with van der Waals surface area (Å²) in [6, 6.07) is 12.0. The predicted molar refractivity (Wildman–Crippen MR) is 120 cm³/mol. The van der Waals surface area contributed by atoms with Crippen LogP contribution in [0.2, 0.25) is 0 Å². The van der Waals surface area contributed by atoms with Crippen molar-refractivity contribution in [2.75, 3.05) is 13.1 Å². The Morgan fingerprint density at radius 3 is 2.35 bits per heavy atom. The van der Waals surface area contributed by atoms with Crippen molar-refractivity contribution in [2.24, 2.45) is 5.92 Å². The highest BCUT2D eigenvalue weighted by Gasteiger charge is 2.30. The number of carbonyl (C=O) groups excluding carboxylic acids is 1. The van der Waals surface area contributed by atoms with Crippen molar-refractivity contribution in [1.29, 1.82) is 5.26 Å². The molecule has 0 saturated carbocycles. The second-order valence-corrected chi connectivity index (χ2v) is 10.3. The van der Waals surface area contributed by atoms with E-state index in [0.29, 0.717) is 35.7 Å². The Morgan fingerprint density at radius 1 is 1.16 bits per heavy atom. The van der Waals surface area contributed by atoms with Gasteiger partial charge in [-0.25, -0.2) is 8.42 Å². The summed E-state index contributed by atoms with van der Waals surface area (Å²) in [6.07, 6.45) is 1.69. The van der Waals surface area contributed by atoms with Gasteiger partial charge in [0.05, 0.1) is 22.6 Å². The molecule has 0 spiro atoms. The van der Waals surface area contributed by atoms with Gasteiger partial charge in [0.15, 0.2) is 0 Å². The Balaban J connectivity index is 1.86. The summed E-state index contributed by atoms with van der Waals surface area (Å²) in [7, 11) is -3.66. The number of piperidine rings is 1. The van der Waals surface area contributed by atoms with E-state index in [0.717, 1.165) is 24.0 Å². The first-order valence-corrected chi connectivity index (χ1v) is 12.0. The summed E-state index contributed by atoms with van der Waals surface area (Å²) in [4.78, 5) is 13.1. The van der Waals surface area contributed by atoms with Crippen LogP contribution in [-0.2, 0) is 10.0 Å². The van der Waals surface area contributed by atoms with Crippen molar-refractivity contribution >= 4 is 15.9 Å². The van der Waals surface area contributed by atoms with Gasteiger partial charge in [0.2, 0.25) is 10.0 Å². The molecule has 0 aliphatic carbocycles. The van der Waals surface area contributed by atoms with Crippen molar-refractivity contribution in [1.82, 2.24) is 9.62 Å². The molecule has 1 fully saturated rings. The van der Waals surface area contributed by atoms with Crippen LogP contribution in [0, 0.1) is 31.1 Å². The van der Waals surface area contributed by atoms with E-state index in [2.05, 4.69) is 18.3 Å². The number of carbonyl (C=O) groups is 1. The van der Waals surface area contributed by atoms with Crippen LogP contribution >= 0.6 is 0 Å². The third-order valence-electron chi connectivity index (χ3n) is 6.13. The number of rotatable bonds is 5. The maximum absolute atomic E-state index is 13.3. The van der Waals surface area contributed by atoms with Crippen molar-refractivity contribution in [3.8, 4) is 6.07 Å². The lowest BCUT2D eigenvalue weighted by molar-refractivity contribution is 0.0939.